The number of nitrogens with one attached hydrogen (secondary N) is 1. The first-order valence-electron chi connectivity index (χ1n) is 18.5. The second kappa shape index (κ2) is 16.1. The van der Waals surface area contributed by atoms with Gasteiger partial charge in [-0.05, 0) is 103 Å². The van der Waals surface area contributed by atoms with Crippen LogP contribution >= 0.6 is 11.6 Å². The lowest BCUT2D eigenvalue weighted by Gasteiger charge is -2.46. The van der Waals surface area contributed by atoms with Gasteiger partial charge in [0.15, 0.2) is 0 Å². The smallest absolute Gasteiger partial charge is 0.316 e. The average Bonchev–Trinajstić information content (AvgIpc) is 3.25. The number of carbonyl (C=O) groups excluding carboxylic acids is 2. The van der Waals surface area contributed by atoms with Crippen LogP contribution in [0.15, 0.2) is 52.9 Å². The second-order valence-corrected chi connectivity index (χ2v) is 16.7. The highest BCUT2D eigenvalue weighted by Crippen LogP contribution is 2.47. The number of benzene rings is 2. The van der Waals surface area contributed by atoms with Crippen molar-refractivity contribution >= 4 is 39.8 Å². The molecule has 2 aromatic carbocycles. The first kappa shape index (κ1) is 37.2. The number of aryl methyl sites for hydroxylation is 1. The van der Waals surface area contributed by atoms with Crippen LogP contribution in [0.2, 0.25) is 5.02 Å². The molecular weight excluding hydrogens is 704 g/mol. The zero-order valence-electron chi connectivity index (χ0n) is 30.3. The molecule has 13 heteroatoms. The molecule has 1 N–H and O–H groups in total. The summed E-state index contributed by atoms with van der Waals surface area (Å²) in [6, 6.07) is 11.3. The lowest BCUT2D eigenvalue weighted by molar-refractivity contribution is -0.0506. The molecule has 282 valence electrons. The minimum Gasteiger partial charge on any atom is -0.490 e. The van der Waals surface area contributed by atoms with Crippen molar-refractivity contribution in [1.29, 1.82) is 0 Å². The summed E-state index contributed by atoms with van der Waals surface area (Å²) < 4.78 is 41.6. The van der Waals surface area contributed by atoms with Crippen LogP contribution in [0.5, 0.6) is 5.75 Å². The predicted molar refractivity (Wildman–Crippen MR) is 200 cm³/mol. The summed E-state index contributed by atoms with van der Waals surface area (Å²) in [5.74, 6) is 0.534. The van der Waals surface area contributed by atoms with E-state index >= 15 is 0 Å². The van der Waals surface area contributed by atoms with Crippen LogP contribution in [-0.2, 0) is 40.9 Å². The van der Waals surface area contributed by atoms with E-state index in [1.54, 1.807) is 25.2 Å². The largest absolute Gasteiger partial charge is 0.490 e. The Hall–Kier alpha value is -3.16. The molecule has 3 amide bonds. The van der Waals surface area contributed by atoms with Crippen molar-refractivity contribution in [3.05, 3.63) is 70.3 Å². The third-order valence-electron chi connectivity index (χ3n) is 11.7. The van der Waals surface area contributed by atoms with Gasteiger partial charge in [0, 0.05) is 43.3 Å². The fourth-order valence-electron chi connectivity index (χ4n) is 8.53. The number of fused-ring (bicyclic) bond motifs is 4. The molecule has 52 heavy (non-hydrogen) atoms. The summed E-state index contributed by atoms with van der Waals surface area (Å²) in [6.07, 6.45) is 9.67. The number of allylic oxidation sites excluding steroid dienone is 1. The van der Waals surface area contributed by atoms with Gasteiger partial charge in [-0.1, -0.05) is 36.7 Å². The zero-order valence-corrected chi connectivity index (χ0v) is 31.8. The van der Waals surface area contributed by atoms with Gasteiger partial charge in [0.05, 0.1) is 50.8 Å². The van der Waals surface area contributed by atoms with Gasteiger partial charge in [-0.2, -0.15) is 10.6 Å². The topological polar surface area (TPSA) is 119 Å². The summed E-state index contributed by atoms with van der Waals surface area (Å²) in [6.45, 7) is 5.73. The molecular formula is C39H50ClN4O7S-. The van der Waals surface area contributed by atoms with E-state index in [-0.39, 0.29) is 29.6 Å². The summed E-state index contributed by atoms with van der Waals surface area (Å²) in [5.41, 5.74) is 3.47. The molecule has 6 atom stereocenters. The molecule has 2 aromatic rings. The van der Waals surface area contributed by atoms with Gasteiger partial charge in [-0.25, -0.2) is 4.79 Å². The summed E-state index contributed by atoms with van der Waals surface area (Å²) >= 11 is 6.45. The Bertz CT molecular complexity index is 1760. The SMILES string of the molecule is COCCOC1CN(C(=O)NC2[C@@H](C)C/C=C/[C@H](OC)[C@@H]3CC[C@H]3CN3C[C@@]4(CCCc5cc(Cl)ccc54)COc4ccc(cc43)C(=O)N=[S-]2=O)C1. The number of carbonyl (C=O) groups is 2. The van der Waals surface area contributed by atoms with Crippen LogP contribution in [0.1, 0.15) is 60.5 Å². The number of ether oxygens (including phenoxy) is 4. The average molecular weight is 754 g/mol. The lowest BCUT2D eigenvalue weighted by atomic mass is 9.68. The highest BCUT2D eigenvalue weighted by molar-refractivity contribution is 7.75. The number of methoxy groups -OCH3 is 2. The van der Waals surface area contributed by atoms with Crippen LogP contribution in [0.25, 0.3) is 0 Å². The van der Waals surface area contributed by atoms with E-state index in [0.29, 0.717) is 62.5 Å². The standard InChI is InChI=1S/C39H50ClN4O7S/c1-25-6-4-8-34(49-3)31-12-9-28(31)20-44-23-39(15-5-7-26-18-29(40)11-13-32(26)39)24-51-35-14-10-27(19-33(35)44)36(45)42-52(47)37(25)41-38(46)43-21-30(22-43)50-17-16-48-2/h4,8,10-11,13-14,18-19,25,28,30-31,34,37H,5-7,9,12,15-17,20-24H2,1-3H3,(H,41,46)/q-1/b8-4+/t25-,28-,31+,34-,37?,39-/m0/s1. The molecule has 5 aliphatic rings. The van der Waals surface area contributed by atoms with Crippen molar-refractivity contribution in [3.8, 4) is 5.75 Å². The highest BCUT2D eigenvalue weighted by Gasteiger charge is 2.44. The number of amides is 3. The molecule has 7 rings (SSSR count). The van der Waals surface area contributed by atoms with Crippen molar-refractivity contribution in [1.82, 2.24) is 10.2 Å². The number of hydrogen-bond donors (Lipinski definition) is 1. The number of likely N-dealkylation sites (tertiary alicyclic amines) is 1. The van der Waals surface area contributed by atoms with Crippen LogP contribution in [-0.4, -0.2) is 94.6 Å². The fourth-order valence-corrected chi connectivity index (χ4v) is 9.82. The maximum Gasteiger partial charge on any atom is 0.316 e. The fraction of sp³-hybridized carbons (Fsp3) is 0.590. The van der Waals surface area contributed by atoms with Gasteiger partial charge in [-0.15, -0.1) is 0 Å². The summed E-state index contributed by atoms with van der Waals surface area (Å²) in [4.78, 5) is 31.1. The van der Waals surface area contributed by atoms with Crippen molar-refractivity contribution in [3.63, 3.8) is 0 Å². The Morgan fingerprint density at radius 1 is 1.13 bits per heavy atom. The molecule has 0 aromatic heterocycles. The first-order valence-corrected chi connectivity index (χ1v) is 20.1. The Labute approximate surface area is 313 Å². The van der Waals surface area contributed by atoms with E-state index in [1.165, 1.54) is 11.1 Å². The number of urea groups is 1. The number of anilines is 1. The van der Waals surface area contributed by atoms with Gasteiger partial charge in [0.1, 0.15) is 5.75 Å². The molecule has 1 saturated heterocycles. The van der Waals surface area contributed by atoms with Gasteiger partial charge >= 0.3 is 6.03 Å². The molecule has 3 aliphatic heterocycles. The van der Waals surface area contributed by atoms with Crippen molar-refractivity contribution in [2.45, 2.75) is 68.4 Å². The maximum atomic E-state index is 13.9. The van der Waals surface area contributed by atoms with Gasteiger partial charge in [-0.3, -0.25) is 4.79 Å². The highest BCUT2D eigenvalue weighted by atomic mass is 35.5. The molecule has 2 fully saturated rings. The third-order valence-corrected chi connectivity index (χ3v) is 13.3. The number of hydrogen-bond acceptors (Lipinski definition) is 9. The maximum absolute atomic E-state index is 13.9. The van der Waals surface area contributed by atoms with Crippen LogP contribution in [0, 0.1) is 17.8 Å². The quantitative estimate of drug-likeness (QED) is 0.213. The molecule has 1 spiro atoms. The third kappa shape index (κ3) is 7.73. The van der Waals surface area contributed by atoms with E-state index in [0.717, 1.165) is 55.9 Å². The van der Waals surface area contributed by atoms with Gasteiger partial charge in [0.2, 0.25) is 0 Å². The van der Waals surface area contributed by atoms with E-state index in [2.05, 4.69) is 38.9 Å². The Morgan fingerprint density at radius 2 is 1.98 bits per heavy atom. The Balaban J connectivity index is 1.20. The van der Waals surface area contributed by atoms with Crippen LogP contribution < -0.4 is 15.0 Å². The minimum absolute atomic E-state index is 0.0747. The van der Waals surface area contributed by atoms with E-state index in [1.807, 2.05) is 25.1 Å². The van der Waals surface area contributed by atoms with Gasteiger partial charge in [0.25, 0.3) is 5.91 Å². The molecule has 1 saturated carbocycles. The summed E-state index contributed by atoms with van der Waals surface area (Å²) in [7, 11) is 1.32. The predicted octanol–water partition coefficient (Wildman–Crippen LogP) is 6.12. The van der Waals surface area contributed by atoms with Crippen LogP contribution in [0.3, 0.4) is 0 Å². The lowest BCUT2D eigenvalue weighted by Crippen LogP contribution is -2.59. The van der Waals surface area contributed by atoms with Gasteiger partial charge < -0.3 is 42.6 Å². The second-order valence-electron chi connectivity index (χ2n) is 15.1. The Morgan fingerprint density at radius 3 is 2.75 bits per heavy atom. The molecule has 1 unspecified atom stereocenters. The van der Waals surface area contributed by atoms with E-state index in [4.69, 9.17) is 30.5 Å². The minimum atomic E-state index is -2.06. The summed E-state index contributed by atoms with van der Waals surface area (Å²) in [5, 5.41) is 2.79. The molecule has 2 bridgehead atoms. The number of halogens is 1. The Kier molecular flexibility index (Phi) is 11.5. The normalized spacial score (nSPS) is 30.2. The number of nitrogens with zero attached hydrogens (tertiary/aromatic N) is 3. The number of rotatable bonds is 6. The first-order chi connectivity index (χ1) is 25.2. The molecule has 0 radical (unpaired) electrons. The van der Waals surface area contributed by atoms with E-state index < -0.39 is 21.9 Å². The molecule has 11 nitrogen and oxygen atoms in total. The monoisotopic (exact) mass is 753 g/mol. The van der Waals surface area contributed by atoms with Crippen molar-refractivity contribution in [2.75, 3.05) is 65.1 Å². The zero-order chi connectivity index (χ0) is 36.4. The van der Waals surface area contributed by atoms with Crippen molar-refractivity contribution < 1.29 is 32.7 Å². The van der Waals surface area contributed by atoms with Crippen LogP contribution in [0.4, 0.5) is 10.5 Å². The molecule has 3 heterocycles. The molecule has 2 aliphatic carbocycles. The van der Waals surface area contributed by atoms with Crippen molar-refractivity contribution in [2.24, 2.45) is 22.1 Å². The van der Waals surface area contributed by atoms with E-state index in [9.17, 15) is 13.8 Å².